The molecule has 1 fully saturated rings. The highest BCUT2D eigenvalue weighted by atomic mass is 19.1. The predicted octanol–water partition coefficient (Wildman–Crippen LogP) is 3.42. The van der Waals surface area contributed by atoms with Gasteiger partial charge >= 0.3 is 0 Å². The monoisotopic (exact) mass is 236 g/mol. The van der Waals surface area contributed by atoms with Crippen molar-refractivity contribution in [1.29, 1.82) is 0 Å². The van der Waals surface area contributed by atoms with Crippen LogP contribution in [0.3, 0.4) is 0 Å². The summed E-state index contributed by atoms with van der Waals surface area (Å²) in [5.41, 5.74) is 6.93. The molecule has 94 valence electrons. The molecule has 0 bridgehead atoms. The standard InChI is InChI=1S/C14H21FN2/c1-17(10-11-6-3-2-4-7-11)14-12(15)8-5-9-13(14)16/h5,8-9,11H,2-4,6-7,10,16H2,1H3. The Morgan fingerprint density at radius 2 is 2.00 bits per heavy atom. The molecule has 0 aliphatic heterocycles. The Balaban J connectivity index is 2.05. The molecule has 2 N–H and O–H groups in total. The van der Waals surface area contributed by atoms with E-state index in [1.807, 2.05) is 11.9 Å². The van der Waals surface area contributed by atoms with Crippen molar-refractivity contribution in [3.05, 3.63) is 24.0 Å². The van der Waals surface area contributed by atoms with E-state index in [2.05, 4.69) is 0 Å². The van der Waals surface area contributed by atoms with Gasteiger partial charge in [-0.2, -0.15) is 0 Å². The lowest BCUT2D eigenvalue weighted by molar-refractivity contribution is 0.361. The van der Waals surface area contributed by atoms with Crippen LogP contribution in [0.1, 0.15) is 32.1 Å². The minimum Gasteiger partial charge on any atom is -0.397 e. The average molecular weight is 236 g/mol. The Morgan fingerprint density at radius 3 is 2.65 bits per heavy atom. The Bertz CT molecular complexity index is 352. The minimum atomic E-state index is -0.219. The summed E-state index contributed by atoms with van der Waals surface area (Å²) in [4.78, 5) is 1.97. The maximum Gasteiger partial charge on any atom is 0.148 e. The summed E-state index contributed by atoms with van der Waals surface area (Å²) in [6.45, 7) is 0.908. The number of rotatable bonds is 3. The first-order valence-corrected chi connectivity index (χ1v) is 6.43. The Morgan fingerprint density at radius 1 is 1.29 bits per heavy atom. The van der Waals surface area contributed by atoms with Crippen molar-refractivity contribution in [2.24, 2.45) is 5.92 Å². The van der Waals surface area contributed by atoms with E-state index in [4.69, 9.17) is 5.73 Å². The largest absolute Gasteiger partial charge is 0.397 e. The van der Waals surface area contributed by atoms with Crippen molar-refractivity contribution in [2.75, 3.05) is 24.2 Å². The number of nitrogen functional groups attached to an aromatic ring is 1. The highest BCUT2D eigenvalue weighted by molar-refractivity contribution is 5.67. The number of halogens is 1. The Kier molecular flexibility index (Phi) is 3.87. The normalized spacial score (nSPS) is 17.1. The molecule has 0 spiro atoms. The van der Waals surface area contributed by atoms with E-state index < -0.39 is 0 Å². The van der Waals surface area contributed by atoms with Gasteiger partial charge in [-0.15, -0.1) is 0 Å². The van der Waals surface area contributed by atoms with Crippen molar-refractivity contribution in [1.82, 2.24) is 0 Å². The lowest BCUT2D eigenvalue weighted by Crippen LogP contribution is -2.28. The molecule has 0 saturated heterocycles. The first-order valence-electron chi connectivity index (χ1n) is 6.43. The molecule has 0 radical (unpaired) electrons. The molecule has 2 nitrogen and oxygen atoms in total. The number of nitrogens with two attached hydrogens (primary N) is 1. The fraction of sp³-hybridized carbons (Fsp3) is 0.571. The second-order valence-electron chi connectivity index (χ2n) is 5.06. The van der Waals surface area contributed by atoms with Crippen molar-refractivity contribution in [3.63, 3.8) is 0 Å². The first kappa shape index (κ1) is 12.2. The van der Waals surface area contributed by atoms with Gasteiger partial charge in [0.05, 0.1) is 11.4 Å². The average Bonchev–Trinajstić information content (AvgIpc) is 2.30. The van der Waals surface area contributed by atoms with E-state index >= 15 is 0 Å². The van der Waals surface area contributed by atoms with Gasteiger partial charge in [0.25, 0.3) is 0 Å². The number of para-hydroxylation sites is 1. The van der Waals surface area contributed by atoms with Gasteiger partial charge in [0, 0.05) is 13.6 Å². The van der Waals surface area contributed by atoms with E-state index in [0.717, 1.165) is 6.54 Å². The van der Waals surface area contributed by atoms with Crippen LogP contribution in [0.2, 0.25) is 0 Å². The Hall–Kier alpha value is -1.25. The summed E-state index contributed by atoms with van der Waals surface area (Å²) >= 11 is 0. The van der Waals surface area contributed by atoms with E-state index in [1.54, 1.807) is 12.1 Å². The summed E-state index contributed by atoms with van der Waals surface area (Å²) in [5.74, 6) is 0.469. The molecule has 1 aliphatic rings. The van der Waals surface area contributed by atoms with Crippen molar-refractivity contribution < 1.29 is 4.39 Å². The van der Waals surface area contributed by atoms with Gasteiger partial charge in [-0.05, 0) is 30.9 Å². The topological polar surface area (TPSA) is 29.3 Å². The summed E-state index contributed by atoms with van der Waals surface area (Å²) in [6, 6.07) is 4.89. The van der Waals surface area contributed by atoms with Crippen LogP contribution < -0.4 is 10.6 Å². The summed E-state index contributed by atoms with van der Waals surface area (Å²) in [7, 11) is 1.93. The lowest BCUT2D eigenvalue weighted by Gasteiger charge is -2.29. The zero-order valence-corrected chi connectivity index (χ0v) is 10.5. The van der Waals surface area contributed by atoms with Crippen LogP contribution in [0.15, 0.2) is 18.2 Å². The fourth-order valence-electron chi connectivity index (χ4n) is 2.78. The second-order valence-corrected chi connectivity index (χ2v) is 5.06. The van der Waals surface area contributed by atoms with Crippen molar-refractivity contribution >= 4 is 11.4 Å². The number of nitrogens with zero attached hydrogens (tertiary/aromatic N) is 1. The molecule has 0 atom stereocenters. The van der Waals surface area contributed by atoms with E-state index in [1.165, 1.54) is 38.2 Å². The highest BCUT2D eigenvalue weighted by Gasteiger charge is 2.18. The summed E-state index contributed by atoms with van der Waals surface area (Å²) in [5, 5.41) is 0. The molecule has 1 saturated carbocycles. The third-order valence-corrected chi connectivity index (χ3v) is 3.66. The van der Waals surface area contributed by atoms with Gasteiger partial charge in [-0.25, -0.2) is 4.39 Å². The number of hydrogen-bond donors (Lipinski definition) is 1. The van der Waals surface area contributed by atoms with E-state index in [9.17, 15) is 4.39 Å². The van der Waals surface area contributed by atoms with E-state index in [0.29, 0.717) is 17.3 Å². The maximum absolute atomic E-state index is 13.7. The predicted molar refractivity (Wildman–Crippen MR) is 70.7 cm³/mol. The zero-order valence-electron chi connectivity index (χ0n) is 10.5. The lowest BCUT2D eigenvalue weighted by atomic mass is 9.89. The van der Waals surface area contributed by atoms with Crippen LogP contribution in [0.4, 0.5) is 15.8 Å². The molecule has 0 amide bonds. The van der Waals surface area contributed by atoms with Crippen LogP contribution >= 0.6 is 0 Å². The Labute approximate surface area is 103 Å². The van der Waals surface area contributed by atoms with Crippen LogP contribution in [0, 0.1) is 11.7 Å². The van der Waals surface area contributed by atoms with Crippen molar-refractivity contribution in [3.8, 4) is 0 Å². The third kappa shape index (κ3) is 2.90. The van der Waals surface area contributed by atoms with Crippen LogP contribution in [-0.2, 0) is 0 Å². The zero-order chi connectivity index (χ0) is 12.3. The molecular weight excluding hydrogens is 215 g/mol. The highest BCUT2D eigenvalue weighted by Crippen LogP contribution is 2.29. The molecule has 1 aromatic carbocycles. The maximum atomic E-state index is 13.7. The quantitative estimate of drug-likeness (QED) is 0.815. The summed E-state index contributed by atoms with van der Waals surface area (Å²) in [6.07, 6.45) is 6.50. The molecule has 1 aromatic rings. The van der Waals surface area contributed by atoms with Gasteiger partial charge < -0.3 is 10.6 Å². The second kappa shape index (κ2) is 5.39. The molecule has 0 aromatic heterocycles. The minimum absolute atomic E-state index is 0.219. The SMILES string of the molecule is CN(CC1CCCCC1)c1c(N)cccc1F. The molecule has 3 heteroatoms. The van der Waals surface area contributed by atoms with Crippen LogP contribution in [0.25, 0.3) is 0 Å². The smallest absolute Gasteiger partial charge is 0.148 e. The van der Waals surface area contributed by atoms with Gasteiger partial charge in [-0.3, -0.25) is 0 Å². The van der Waals surface area contributed by atoms with Gasteiger partial charge in [-0.1, -0.05) is 25.3 Å². The third-order valence-electron chi connectivity index (χ3n) is 3.66. The van der Waals surface area contributed by atoms with Crippen LogP contribution in [-0.4, -0.2) is 13.6 Å². The molecular formula is C14H21FN2. The number of benzene rings is 1. The number of anilines is 2. The first-order chi connectivity index (χ1) is 8.18. The van der Waals surface area contributed by atoms with Gasteiger partial charge in [0.1, 0.15) is 5.82 Å². The van der Waals surface area contributed by atoms with Gasteiger partial charge in [0.2, 0.25) is 0 Å². The van der Waals surface area contributed by atoms with Gasteiger partial charge in [0.15, 0.2) is 0 Å². The van der Waals surface area contributed by atoms with Crippen LogP contribution in [0.5, 0.6) is 0 Å². The molecule has 17 heavy (non-hydrogen) atoms. The molecule has 1 aliphatic carbocycles. The fourth-order valence-corrected chi connectivity index (χ4v) is 2.78. The summed E-state index contributed by atoms with van der Waals surface area (Å²) < 4.78 is 13.7. The van der Waals surface area contributed by atoms with E-state index in [-0.39, 0.29) is 5.82 Å². The van der Waals surface area contributed by atoms with Crippen molar-refractivity contribution in [2.45, 2.75) is 32.1 Å². The molecule has 2 rings (SSSR count). The molecule has 0 heterocycles. The molecule has 0 unspecified atom stereocenters. The number of hydrogen-bond acceptors (Lipinski definition) is 2.